The van der Waals surface area contributed by atoms with Crippen LogP contribution in [0.25, 0.3) is 11.1 Å². The average Bonchev–Trinajstić information content (AvgIpc) is 3.01. The van der Waals surface area contributed by atoms with E-state index in [9.17, 15) is 18.8 Å². The van der Waals surface area contributed by atoms with Gasteiger partial charge in [0.25, 0.3) is 5.91 Å². The number of urea groups is 1. The summed E-state index contributed by atoms with van der Waals surface area (Å²) in [6, 6.07) is 7.10. The minimum absolute atomic E-state index is 0.0715. The molecule has 0 radical (unpaired) electrons. The fourth-order valence-electron chi connectivity index (χ4n) is 3.94. The summed E-state index contributed by atoms with van der Waals surface area (Å²) < 4.78 is 14.0. The van der Waals surface area contributed by atoms with Crippen LogP contribution in [0, 0.1) is 12.7 Å². The van der Waals surface area contributed by atoms with E-state index in [2.05, 4.69) is 10.6 Å². The molecule has 4 rings (SSSR count). The predicted molar refractivity (Wildman–Crippen MR) is 90.0 cm³/mol. The quantitative estimate of drug-likeness (QED) is 0.737. The van der Waals surface area contributed by atoms with Crippen molar-refractivity contribution in [2.75, 3.05) is 0 Å². The molecule has 2 aliphatic rings. The Kier molecular flexibility index (Phi) is 3.37. The second kappa shape index (κ2) is 5.39. The number of aliphatic carboxylic acids is 1. The van der Waals surface area contributed by atoms with Crippen LogP contribution in [0.3, 0.4) is 0 Å². The van der Waals surface area contributed by atoms with Gasteiger partial charge in [0.05, 0.1) is 0 Å². The SMILES string of the molecule is Cc1cc(CCC(=O)O)c2c(c1)C1(NC(=O)NC1=O)c1cc(F)ccc1-2. The van der Waals surface area contributed by atoms with E-state index < -0.39 is 29.3 Å². The fourth-order valence-corrected chi connectivity index (χ4v) is 3.94. The van der Waals surface area contributed by atoms with Gasteiger partial charge in [-0.1, -0.05) is 23.8 Å². The molecule has 1 spiro atoms. The first kappa shape index (κ1) is 16.3. The number of benzene rings is 2. The molecule has 3 N–H and O–H groups in total. The number of hydrogen-bond donors (Lipinski definition) is 3. The lowest BCUT2D eigenvalue weighted by Crippen LogP contribution is -2.43. The van der Waals surface area contributed by atoms with Crippen molar-refractivity contribution < 1.29 is 23.9 Å². The van der Waals surface area contributed by atoms with Crippen molar-refractivity contribution in [1.82, 2.24) is 10.6 Å². The van der Waals surface area contributed by atoms with Gasteiger partial charge in [-0.2, -0.15) is 0 Å². The molecule has 1 heterocycles. The zero-order valence-electron chi connectivity index (χ0n) is 13.9. The number of aryl methyl sites for hydroxylation is 2. The number of hydrogen-bond acceptors (Lipinski definition) is 3. The first-order valence-electron chi connectivity index (χ1n) is 8.12. The summed E-state index contributed by atoms with van der Waals surface area (Å²) >= 11 is 0. The van der Waals surface area contributed by atoms with E-state index >= 15 is 0 Å². The van der Waals surface area contributed by atoms with Crippen molar-refractivity contribution in [3.05, 3.63) is 58.4 Å². The molecule has 132 valence electrons. The van der Waals surface area contributed by atoms with Gasteiger partial charge in [-0.25, -0.2) is 9.18 Å². The van der Waals surface area contributed by atoms with Crippen molar-refractivity contribution in [2.45, 2.75) is 25.3 Å². The molecule has 26 heavy (non-hydrogen) atoms. The maximum atomic E-state index is 14.0. The average molecular weight is 354 g/mol. The van der Waals surface area contributed by atoms with E-state index in [-0.39, 0.29) is 12.8 Å². The number of imide groups is 1. The van der Waals surface area contributed by atoms with Gasteiger partial charge in [-0.3, -0.25) is 14.9 Å². The van der Waals surface area contributed by atoms with Crippen LogP contribution in [-0.4, -0.2) is 23.0 Å². The number of carbonyl (C=O) groups is 3. The highest BCUT2D eigenvalue weighted by Gasteiger charge is 2.55. The van der Waals surface area contributed by atoms with Crippen LogP contribution in [0.2, 0.25) is 0 Å². The van der Waals surface area contributed by atoms with Crippen molar-refractivity contribution in [1.29, 1.82) is 0 Å². The highest BCUT2D eigenvalue weighted by atomic mass is 19.1. The first-order valence-corrected chi connectivity index (χ1v) is 8.12. The molecule has 0 aromatic heterocycles. The van der Waals surface area contributed by atoms with Crippen LogP contribution >= 0.6 is 0 Å². The molecule has 6 nitrogen and oxygen atoms in total. The Balaban J connectivity index is 2.03. The predicted octanol–water partition coefficient (Wildman–Crippen LogP) is 2.21. The van der Waals surface area contributed by atoms with E-state index in [1.165, 1.54) is 12.1 Å². The third kappa shape index (κ3) is 2.13. The number of rotatable bonds is 3. The molecule has 1 aliphatic heterocycles. The molecule has 1 fully saturated rings. The number of carbonyl (C=O) groups excluding carboxylic acids is 2. The molecule has 7 heteroatoms. The summed E-state index contributed by atoms with van der Waals surface area (Å²) in [4.78, 5) is 35.6. The normalized spacial score (nSPS) is 19.9. The van der Waals surface area contributed by atoms with Crippen molar-refractivity contribution in [3.63, 3.8) is 0 Å². The molecular formula is C19H15FN2O4. The van der Waals surface area contributed by atoms with Gasteiger partial charge in [0, 0.05) is 12.0 Å². The summed E-state index contributed by atoms with van der Waals surface area (Å²) in [6.07, 6.45) is 0.194. The zero-order valence-corrected chi connectivity index (χ0v) is 13.9. The number of carboxylic acids is 1. The first-order chi connectivity index (χ1) is 12.3. The lowest BCUT2D eigenvalue weighted by molar-refractivity contribution is -0.137. The van der Waals surface area contributed by atoms with Crippen molar-refractivity contribution >= 4 is 17.9 Å². The standard InChI is InChI=1S/C19H15FN2O4/c1-9-6-10(2-5-15(23)24)16-12-4-3-11(20)8-13(12)19(14(16)7-9)17(25)21-18(26)22-19/h3-4,6-8H,2,5H2,1H3,(H,23,24)(H2,21,22,25,26). The van der Waals surface area contributed by atoms with Crippen LogP contribution in [0.4, 0.5) is 9.18 Å². The summed E-state index contributed by atoms with van der Waals surface area (Å²) in [5, 5.41) is 13.9. The van der Waals surface area contributed by atoms with E-state index in [0.29, 0.717) is 22.3 Å². The molecule has 2 aromatic rings. The second-order valence-electron chi connectivity index (χ2n) is 6.59. The van der Waals surface area contributed by atoms with Gasteiger partial charge in [-0.15, -0.1) is 0 Å². The number of fused-ring (bicyclic) bond motifs is 5. The minimum atomic E-state index is -1.49. The van der Waals surface area contributed by atoms with Crippen LogP contribution in [0.1, 0.15) is 28.7 Å². The minimum Gasteiger partial charge on any atom is -0.481 e. The number of nitrogens with one attached hydrogen (secondary N) is 2. The van der Waals surface area contributed by atoms with Crippen molar-refractivity contribution in [2.24, 2.45) is 0 Å². The number of carboxylic acid groups (broad SMARTS) is 1. The molecule has 2 aromatic carbocycles. The van der Waals surface area contributed by atoms with Gasteiger partial charge in [0.1, 0.15) is 5.82 Å². The maximum absolute atomic E-state index is 14.0. The van der Waals surface area contributed by atoms with E-state index in [1.54, 1.807) is 12.1 Å². The van der Waals surface area contributed by atoms with Crippen molar-refractivity contribution in [3.8, 4) is 11.1 Å². The Morgan fingerprint density at radius 1 is 1.19 bits per heavy atom. The molecule has 0 saturated carbocycles. The highest BCUT2D eigenvalue weighted by molar-refractivity contribution is 6.13. The summed E-state index contributed by atoms with van der Waals surface area (Å²) in [7, 11) is 0. The van der Waals surface area contributed by atoms with E-state index in [1.807, 2.05) is 13.0 Å². The Hall–Kier alpha value is -3.22. The van der Waals surface area contributed by atoms with Crippen LogP contribution < -0.4 is 10.6 Å². The Bertz CT molecular complexity index is 1000. The molecular weight excluding hydrogens is 339 g/mol. The van der Waals surface area contributed by atoms with Crippen LogP contribution in [-0.2, 0) is 21.5 Å². The molecule has 1 aliphatic carbocycles. The second-order valence-corrected chi connectivity index (χ2v) is 6.59. The zero-order chi connectivity index (χ0) is 18.6. The highest BCUT2D eigenvalue weighted by Crippen LogP contribution is 2.51. The molecule has 1 atom stereocenters. The lowest BCUT2D eigenvalue weighted by atomic mass is 9.86. The molecule has 1 unspecified atom stereocenters. The van der Waals surface area contributed by atoms with Gasteiger partial charge in [0.15, 0.2) is 5.54 Å². The van der Waals surface area contributed by atoms with Gasteiger partial charge >= 0.3 is 12.0 Å². The van der Waals surface area contributed by atoms with E-state index in [4.69, 9.17) is 5.11 Å². The molecule has 0 bridgehead atoms. The summed E-state index contributed by atoms with van der Waals surface area (Å²) in [6.45, 7) is 1.83. The molecule has 1 saturated heterocycles. The molecule has 3 amide bonds. The Morgan fingerprint density at radius 2 is 1.96 bits per heavy atom. The maximum Gasteiger partial charge on any atom is 0.322 e. The Morgan fingerprint density at radius 3 is 2.62 bits per heavy atom. The van der Waals surface area contributed by atoms with Gasteiger partial charge in [0.2, 0.25) is 0 Å². The number of amides is 3. The van der Waals surface area contributed by atoms with Crippen LogP contribution in [0.15, 0.2) is 30.3 Å². The monoisotopic (exact) mass is 354 g/mol. The smallest absolute Gasteiger partial charge is 0.322 e. The fraction of sp³-hybridized carbons (Fsp3) is 0.211. The van der Waals surface area contributed by atoms with Gasteiger partial charge < -0.3 is 10.4 Å². The third-order valence-corrected chi connectivity index (χ3v) is 4.90. The summed E-state index contributed by atoms with van der Waals surface area (Å²) in [5.74, 6) is -2.02. The third-order valence-electron chi connectivity index (χ3n) is 4.90. The topological polar surface area (TPSA) is 95.5 Å². The lowest BCUT2D eigenvalue weighted by Gasteiger charge is -2.24. The Labute approximate surface area is 148 Å². The van der Waals surface area contributed by atoms with Gasteiger partial charge in [-0.05, 0) is 47.7 Å². The van der Waals surface area contributed by atoms with Crippen LogP contribution in [0.5, 0.6) is 0 Å². The van der Waals surface area contributed by atoms with E-state index in [0.717, 1.165) is 11.1 Å². The number of halogens is 1. The summed E-state index contributed by atoms with van der Waals surface area (Å²) in [5.41, 5.74) is 2.29. The largest absolute Gasteiger partial charge is 0.481 e.